The molecule has 0 aliphatic carbocycles. The number of rotatable bonds is 5. The van der Waals surface area contributed by atoms with Crippen molar-refractivity contribution >= 4 is 17.4 Å². The van der Waals surface area contributed by atoms with Gasteiger partial charge in [0.15, 0.2) is 6.23 Å². The van der Waals surface area contributed by atoms with Gasteiger partial charge >= 0.3 is 0 Å². The van der Waals surface area contributed by atoms with Crippen molar-refractivity contribution < 1.29 is 19.6 Å². The van der Waals surface area contributed by atoms with Crippen LogP contribution in [-0.4, -0.2) is 32.9 Å². The lowest BCUT2D eigenvalue weighted by atomic mass is 9.89. The van der Waals surface area contributed by atoms with Gasteiger partial charge in [-0.25, -0.2) is 0 Å². The maximum atomic E-state index is 12.7. The van der Waals surface area contributed by atoms with E-state index >= 15 is 0 Å². The lowest BCUT2D eigenvalue weighted by Gasteiger charge is -2.18. The van der Waals surface area contributed by atoms with Crippen LogP contribution in [0.2, 0.25) is 0 Å². The van der Waals surface area contributed by atoms with E-state index in [1.54, 1.807) is 33.8 Å². The van der Waals surface area contributed by atoms with E-state index < -0.39 is 22.8 Å². The summed E-state index contributed by atoms with van der Waals surface area (Å²) in [6.45, 7) is 6.27. The van der Waals surface area contributed by atoms with Crippen LogP contribution in [0, 0.1) is 37.8 Å². The maximum Gasteiger partial charge on any atom is 0.275 e. The summed E-state index contributed by atoms with van der Waals surface area (Å²) in [6, 6.07) is 3.05. The zero-order valence-electron chi connectivity index (χ0n) is 14.9. The number of benzene rings is 1. The molecule has 0 aliphatic heterocycles. The monoisotopic (exact) mass is 357 g/mol. The first-order valence-electron chi connectivity index (χ1n) is 7.84. The second kappa shape index (κ2) is 7.40. The van der Waals surface area contributed by atoms with Crippen LogP contribution < -0.4 is 5.32 Å². The first-order valence-corrected chi connectivity index (χ1v) is 7.84. The fraction of sp³-hybridized carbons (Fsp3) is 0.278. The Labute approximate surface area is 150 Å². The molecule has 1 amide bonds. The van der Waals surface area contributed by atoms with E-state index in [1.165, 1.54) is 18.5 Å². The van der Waals surface area contributed by atoms with Crippen molar-refractivity contribution in [2.75, 3.05) is 0 Å². The summed E-state index contributed by atoms with van der Waals surface area (Å²) in [5, 5.41) is 23.7. The Balaban J connectivity index is 2.38. The standard InChI is InChI=1S/C18H19N3O5/c1-9-11(3)15(21(25)26)12(4)10(2)14(9)16(22)18(24)20-17(23)13-6-5-7-19-8-13/h5-8,18,24H,1-4H3,(H,20,23). The number of nitro benzene ring substituents is 1. The number of ketones is 1. The molecule has 1 heterocycles. The van der Waals surface area contributed by atoms with Crippen LogP contribution in [0.25, 0.3) is 0 Å². The first-order chi connectivity index (χ1) is 12.2. The van der Waals surface area contributed by atoms with Crippen LogP contribution in [0.3, 0.4) is 0 Å². The van der Waals surface area contributed by atoms with Gasteiger partial charge in [-0.05, 0) is 51.0 Å². The number of carbonyl (C=O) groups excluding carboxylic acids is 2. The molecule has 1 aromatic carbocycles. The molecule has 0 aliphatic rings. The quantitative estimate of drug-likeness (QED) is 0.366. The maximum absolute atomic E-state index is 12.7. The number of nitrogens with zero attached hydrogens (tertiary/aromatic N) is 2. The van der Waals surface area contributed by atoms with Gasteiger partial charge < -0.3 is 10.4 Å². The van der Waals surface area contributed by atoms with Crippen molar-refractivity contribution in [2.45, 2.75) is 33.9 Å². The molecule has 2 aromatic rings. The van der Waals surface area contributed by atoms with E-state index in [0.29, 0.717) is 22.3 Å². The molecule has 0 saturated heterocycles. The smallest absolute Gasteiger partial charge is 0.275 e. The summed E-state index contributed by atoms with van der Waals surface area (Å²) >= 11 is 0. The molecule has 26 heavy (non-hydrogen) atoms. The lowest BCUT2D eigenvalue weighted by molar-refractivity contribution is -0.386. The molecule has 2 rings (SSSR count). The van der Waals surface area contributed by atoms with E-state index in [0.717, 1.165) is 0 Å². The average Bonchev–Trinajstić information content (AvgIpc) is 2.60. The molecule has 1 atom stereocenters. The zero-order chi connectivity index (χ0) is 19.6. The van der Waals surface area contributed by atoms with E-state index in [2.05, 4.69) is 10.3 Å². The number of amides is 1. The Morgan fingerprint density at radius 3 is 2.19 bits per heavy atom. The fourth-order valence-electron chi connectivity index (χ4n) is 2.84. The van der Waals surface area contributed by atoms with Crippen molar-refractivity contribution in [3.63, 3.8) is 0 Å². The Morgan fingerprint density at radius 2 is 1.73 bits per heavy atom. The summed E-state index contributed by atoms with van der Waals surface area (Å²) in [4.78, 5) is 39.4. The second-order valence-corrected chi connectivity index (χ2v) is 5.96. The van der Waals surface area contributed by atoms with Crippen molar-refractivity contribution in [3.8, 4) is 0 Å². The minimum absolute atomic E-state index is 0.0505. The number of aromatic nitrogens is 1. The number of Topliss-reactive ketones (excluding diaryl/α,β-unsaturated/α-hetero) is 1. The third-order valence-corrected chi connectivity index (χ3v) is 4.45. The van der Waals surface area contributed by atoms with Gasteiger partial charge in [-0.1, -0.05) is 0 Å². The molecule has 0 radical (unpaired) electrons. The van der Waals surface area contributed by atoms with Gasteiger partial charge in [0.25, 0.3) is 11.6 Å². The highest BCUT2D eigenvalue weighted by atomic mass is 16.6. The Bertz CT molecular complexity index is 864. The van der Waals surface area contributed by atoms with Gasteiger partial charge in [0.1, 0.15) is 0 Å². The number of aliphatic hydroxyl groups is 1. The van der Waals surface area contributed by atoms with Crippen molar-refractivity contribution in [3.05, 3.63) is 68.0 Å². The molecule has 8 nitrogen and oxygen atoms in total. The predicted octanol–water partition coefficient (Wildman–Crippen LogP) is 2.15. The van der Waals surface area contributed by atoms with E-state index in [-0.39, 0.29) is 16.8 Å². The number of nitrogens with one attached hydrogen (secondary N) is 1. The molecule has 0 fully saturated rings. The summed E-state index contributed by atoms with van der Waals surface area (Å²) in [5.41, 5.74) is 1.83. The summed E-state index contributed by atoms with van der Waals surface area (Å²) in [6.07, 6.45) is 1.02. The molecule has 2 N–H and O–H groups in total. The zero-order valence-corrected chi connectivity index (χ0v) is 14.9. The number of nitro groups is 1. The SMILES string of the molecule is Cc1c(C)c([N+](=O)[O-])c(C)c(C)c1C(=O)C(O)NC(=O)c1cccnc1. The lowest BCUT2D eigenvalue weighted by Crippen LogP contribution is -2.41. The van der Waals surface area contributed by atoms with Crippen LogP contribution in [0.1, 0.15) is 43.0 Å². The molecule has 0 bridgehead atoms. The van der Waals surface area contributed by atoms with Gasteiger partial charge in [0, 0.05) is 29.1 Å². The van der Waals surface area contributed by atoms with Gasteiger partial charge in [-0.3, -0.25) is 24.7 Å². The highest BCUT2D eigenvalue weighted by molar-refractivity contribution is 6.05. The Morgan fingerprint density at radius 1 is 1.15 bits per heavy atom. The Hall–Kier alpha value is -3.13. The molecule has 0 spiro atoms. The van der Waals surface area contributed by atoms with Crippen molar-refractivity contribution in [1.82, 2.24) is 10.3 Å². The minimum atomic E-state index is -1.78. The molecule has 8 heteroatoms. The number of hydrogen-bond acceptors (Lipinski definition) is 6. The third kappa shape index (κ3) is 3.45. The molecule has 1 unspecified atom stereocenters. The molecular formula is C18H19N3O5. The number of carbonyl (C=O) groups is 2. The third-order valence-electron chi connectivity index (χ3n) is 4.45. The van der Waals surface area contributed by atoms with Crippen LogP contribution in [0.5, 0.6) is 0 Å². The largest absolute Gasteiger partial charge is 0.367 e. The van der Waals surface area contributed by atoms with Crippen LogP contribution in [0.4, 0.5) is 5.69 Å². The van der Waals surface area contributed by atoms with Crippen molar-refractivity contribution in [2.24, 2.45) is 0 Å². The van der Waals surface area contributed by atoms with Crippen molar-refractivity contribution in [1.29, 1.82) is 0 Å². The average molecular weight is 357 g/mol. The number of hydrogen-bond donors (Lipinski definition) is 2. The summed E-state index contributed by atoms with van der Waals surface area (Å²) in [7, 11) is 0. The van der Waals surface area contributed by atoms with Gasteiger partial charge in [-0.15, -0.1) is 0 Å². The molecule has 0 saturated carbocycles. The Kier molecular flexibility index (Phi) is 5.47. The summed E-state index contributed by atoms with van der Waals surface area (Å²) < 4.78 is 0. The number of aliphatic hydroxyl groups excluding tert-OH is 1. The fourth-order valence-corrected chi connectivity index (χ4v) is 2.84. The molecule has 136 valence electrons. The van der Waals surface area contributed by atoms with E-state index in [4.69, 9.17) is 0 Å². The minimum Gasteiger partial charge on any atom is -0.367 e. The van der Waals surface area contributed by atoms with E-state index in [1.807, 2.05) is 0 Å². The highest BCUT2D eigenvalue weighted by Gasteiger charge is 2.29. The van der Waals surface area contributed by atoms with Gasteiger partial charge in [0.05, 0.1) is 10.5 Å². The number of pyridine rings is 1. The normalized spacial score (nSPS) is 11.7. The first kappa shape index (κ1) is 19.2. The van der Waals surface area contributed by atoms with Crippen LogP contribution in [0.15, 0.2) is 24.5 Å². The van der Waals surface area contributed by atoms with Gasteiger partial charge in [-0.2, -0.15) is 0 Å². The molecule has 1 aromatic heterocycles. The highest BCUT2D eigenvalue weighted by Crippen LogP contribution is 2.32. The predicted molar refractivity (Wildman–Crippen MR) is 94.1 cm³/mol. The van der Waals surface area contributed by atoms with Crippen LogP contribution in [-0.2, 0) is 0 Å². The summed E-state index contributed by atoms with van der Waals surface area (Å²) in [5.74, 6) is -1.37. The second-order valence-electron chi connectivity index (χ2n) is 5.96. The topological polar surface area (TPSA) is 122 Å². The van der Waals surface area contributed by atoms with Gasteiger partial charge in [0.2, 0.25) is 5.78 Å². The van der Waals surface area contributed by atoms with Crippen LogP contribution >= 0.6 is 0 Å². The van der Waals surface area contributed by atoms with E-state index in [9.17, 15) is 24.8 Å². The molecular weight excluding hydrogens is 338 g/mol.